The Hall–Kier alpha value is -1.85. The molecule has 6 heteroatoms. The summed E-state index contributed by atoms with van der Waals surface area (Å²) in [5, 5.41) is 11.1. The van der Waals surface area contributed by atoms with Crippen LogP contribution in [0.25, 0.3) is 0 Å². The summed E-state index contributed by atoms with van der Waals surface area (Å²) in [7, 11) is 0. The van der Waals surface area contributed by atoms with Crippen LogP contribution in [-0.2, 0) is 4.79 Å². The highest BCUT2D eigenvalue weighted by Gasteiger charge is 2.29. The molecule has 1 aromatic rings. The quantitative estimate of drug-likeness (QED) is 0.635. The van der Waals surface area contributed by atoms with E-state index in [-0.39, 0.29) is 5.69 Å². The molecule has 0 aliphatic carbocycles. The molecule has 1 heterocycles. The van der Waals surface area contributed by atoms with E-state index in [0.717, 1.165) is 0 Å². The Morgan fingerprint density at radius 2 is 2.21 bits per heavy atom. The number of aliphatic carboxylic acids is 1. The largest absolute Gasteiger partial charge is 0.480 e. The van der Waals surface area contributed by atoms with Crippen molar-refractivity contribution >= 4 is 11.9 Å². The molecule has 6 nitrogen and oxygen atoms in total. The number of imidazole rings is 1. The van der Waals surface area contributed by atoms with E-state index in [0.29, 0.717) is 0 Å². The van der Waals surface area contributed by atoms with Crippen LogP contribution in [0.1, 0.15) is 24.3 Å². The Morgan fingerprint density at radius 3 is 2.64 bits per heavy atom. The standard InChI is InChI=1S/C8H11N3O3/c1-8(2,7(13)14)11-6(12)5-3-9-4-10-5/h3-4H,1-2H3,(H,9,10)(H,11,12)(H,13,14). The van der Waals surface area contributed by atoms with E-state index >= 15 is 0 Å². The monoisotopic (exact) mass is 197 g/mol. The molecule has 76 valence electrons. The second-order valence-electron chi connectivity index (χ2n) is 3.35. The van der Waals surface area contributed by atoms with Gasteiger partial charge in [-0.1, -0.05) is 0 Å². The first-order valence-corrected chi connectivity index (χ1v) is 3.98. The van der Waals surface area contributed by atoms with Crippen molar-refractivity contribution in [3.05, 3.63) is 18.2 Å². The minimum Gasteiger partial charge on any atom is -0.480 e. The van der Waals surface area contributed by atoms with Crippen molar-refractivity contribution in [2.24, 2.45) is 0 Å². The van der Waals surface area contributed by atoms with Gasteiger partial charge in [0.2, 0.25) is 0 Å². The smallest absolute Gasteiger partial charge is 0.328 e. The van der Waals surface area contributed by atoms with E-state index < -0.39 is 17.4 Å². The average molecular weight is 197 g/mol. The van der Waals surface area contributed by atoms with Gasteiger partial charge in [0.15, 0.2) is 0 Å². The Balaban J connectivity index is 2.71. The summed E-state index contributed by atoms with van der Waals surface area (Å²) in [4.78, 5) is 28.3. The lowest BCUT2D eigenvalue weighted by Gasteiger charge is -2.20. The van der Waals surface area contributed by atoms with Crippen molar-refractivity contribution in [1.82, 2.24) is 15.3 Å². The molecule has 0 spiro atoms. The third-order valence-corrected chi connectivity index (χ3v) is 1.70. The summed E-state index contributed by atoms with van der Waals surface area (Å²) in [6.45, 7) is 2.81. The fourth-order valence-electron chi connectivity index (χ4n) is 0.785. The summed E-state index contributed by atoms with van der Waals surface area (Å²) in [6, 6.07) is 0. The first kappa shape index (κ1) is 10.2. The lowest BCUT2D eigenvalue weighted by molar-refractivity contribution is -0.143. The first-order valence-electron chi connectivity index (χ1n) is 3.98. The van der Waals surface area contributed by atoms with Crippen LogP contribution in [0, 0.1) is 0 Å². The van der Waals surface area contributed by atoms with Gasteiger partial charge < -0.3 is 15.4 Å². The van der Waals surface area contributed by atoms with Gasteiger partial charge in [0.1, 0.15) is 11.2 Å². The number of hydrogen-bond donors (Lipinski definition) is 3. The predicted molar refractivity (Wildman–Crippen MR) is 47.8 cm³/mol. The Morgan fingerprint density at radius 1 is 1.57 bits per heavy atom. The Bertz CT molecular complexity index is 343. The molecule has 0 aliphatic rings. The van der Waals surface area contributed by atoms with Crippen LogP contribution in [0.3, 0.4) is 0 Å². The van der Waals surface area contributed by atoms with Gasteiger partial charge in [-0.05, 0) is 13.8 Å². The van der Waals surface area contributed by atoms with Gasteiger partial charge in [-0.2, -0.15) is 0 Å². The van der Waals surface area contributed by atoms with Crippen molar-refractivity contribution in [1.29, 1.82) is 0 Å². The number of amides is 1. The number of aromatic amines is 1. The first-order chi connectivity index (χ1) is 6.43. The zero-order chi connectivity index (χ0) is 10.8. The second-order valence-corrected chi connectivity index (χ2v) is 3.35. The van der Waals surface area contributed by atoms with Crippen molar-refractivity contribution in [2.75, 3.05) is 0 Å². The van der Waals surface area contributed by atoms with E-state index in [1.807, 2.05) is 0 Å². The molecule has 0 atom stereocenters. The molecule has 1 amide bonds. The van der Waals surface area contributed by atoms with Gasteiger partial charge in [-0.15, -0.1) is 0 Å². The molecule has 3 N–H and O–H groups in total. The van der Waals surface area contributed by atoms with Crippen molar-refractivity contribution < 1.29 is 14.7 Å². The minimum atomic E-state index is -1.29. The number of rotatable bonds is 3. The highest BCUT2D eigenvalue weighted by molar-refractivity contribution is 5.95. The summed E-state index contributed by atoms with van der Waals surface area (Å²) < 4.78 is 0. The van der Waals surface area contributed by atoms with E-state index in [1.165, 1.54) is 26.4 Å². The van der Waals surface area contributed by atoms with Crippen LogP contribution >= 0.6 is 0 Å². The van der Waals surface area contributed by atoms with Crippen molar-refractivity contribution in [3.63, 3.8) is 0 Å². The number of carbonyl (C=O) groups is 2. The fraction of sp³-hybridized carbons (Fsp3) is 0.375. The normalized spacial score (nSPS) is 11.0. The lowest BCUT2D eigenvalue weighted by atomic mass is 10.1. The van der Waals surface area contributed by atoms with Crippen molar-refractivity contribution in [2.45, 2.75) is 19.4 Å². The predicted octanol–water partition coefficient (Wildman–Crippen LogP) is 0.00270. The number of nitrogens with zero attached hydrogens (tertiary/aromatic N) is 1. The number of H-pyrrole nitrogens is 1. The van der Waals surface area contributed by atoms with Gasteiger partial charge in [0.25, 0.3) is 5.91 Å². The fourth-order valence-corrected chi connectivity index (χ4v) is 0.785. The number of carboxylic acids is 1. The number of aromatic nitrogens is 2. The highest BCUT2D eigenvalue weighted by Crippen LogP contribution is 2.03. The molecule has 0 radical (unpaired) electrons. The SMILES string of the molecule is CC(C)(NC(=O)c1cnc[nH]1)C(=O)O. The number of carboxylic acid groups (broad SMARTS) is 1. The summed E-state index contributed by atoms with van der Waals surface area (Å²) >= 11 is 0. The summed E-state index contributed by atoms with van der Waals surface area (Å²) in [5.41, 5.74) is -1.05. The maximum Gasteiger partial charge on any atom is 0.328 e. The van der Waals surface area contributed by atoms with Crippen molar-refractivity contribution in [3.8, 4) is 0 Å². The third kappa shape index (κ3) is 2.09. The zero-order valence-electron chi connectivity index (χ0n) is 7.87. The van der Waals surface area contributed by atoms with E-state index in [4.69, 9.17) is 5.11 Å². The van der Waals surface area contributed by atoms with E-state index in [2.05, 4.69) is 15.3 Å². The summed E-state index contributed by atoms with van der Waals surface area (Å²) in [5.74, 6) is -1.58. The number of carbonyl (C=O) groups excluding carboxylic acids is 1. The number of nitrogens with one attached hydrogen (secondary N) is 2. The van der Waals surface area contributed by atoms with E-state index in [9.17, 15) is 9.59 Å². The molecule has 0 fully saturated rings. The second kappa shape index (κ2) is 3.49. The van der Waals surface area contributed by atoms with Crippen LogP contribution in [0.2, 0.25) is 0 Å². The molecule has 1 rings (SSSR count). The van der Waals surface area contributed by atoms with Gasteiger partial charge in [-0.3, -0.25) is 4.79 Å². The third-order valence-electron chi connectivity index (χ3n) is 1.70. The van der Waals surface area contributed by atoms with Crippen LogP contribution in [0.5, 0.6) is 0 Å². The number of hydrogen-bond acceptors (Lipinski definition) is 3. The maximum absolute atomic E-state index is 11.4. The van der Waals surface area contributed by atoms with Gasteiger partial charge in [0, 0.05) is 0 Å². The Kier molecular flexibility index (Phi) is 2.55. The van der Waals surface area contributed by atoms with Gasteiger partial charge in [0.05, 0.1) is 12.5 Å². The molecule has 0 saturated carbocycles. The topological polar surface area (TPSA) is 95.1 Å². The molecule has 0 bridgehead atoms. The summed E-state index contributed by atoms with van der Waals surface area (Å²) in [6.07, 6.45) is 2.68. The van der Waals surface area contributed by atoms with Gasteiger partial charge in [-0.25, -0.2) is 9.78 Å². The van der Waals surface area contributed by atoms with Crippen LogP contribution in [0.4, 0.5) is 0 Å². The molecular weight excluding hydrogens is 186 g/mol. The van der Waals surface area contributed by atoms with Crippen LogP contribution in [-0.4, -0.2) is 32.5 Å². The molecule has 1 aromatic heterocycles. The van der Waals surface area contributed by atoms with E-state index in [1.54, 1.807) is 0 Å². The molecule has 0 saturated heterocycles. The molecule has 0 unspecified atom stereocenters. The molecular formula is C8H11N3O3. The van der Waals surface area contributed by atoms with Crippen LogP contribution < -0.4 is 5.32 Å². The minimum absolute atomic E-state index is 0.235. The highest BCUT2D eigenvalue weighted by atomic mass is 16.4. The molecule has 14 heavy (non-hydrogen) atoms. The average Bonchev–Trinajstić information content (AvgIpc) is 2.54. The Labute approximate surface area is 80.4 Å². The van der Waals surface area contributed by atoms with Gasteiger partial charge >= 0.3 is 5.97 Å². The maximum atomic E-state index is 11.4. The lowest BCUT2D eigenvalue weighted by Crippen LogP contribution is -2.49. The zero-order valence-corrected chi connectivity index (χ0v) is 7.87. The van der Waals surface area contributed by atoms with Crippen LogP contribution in [0.15, 0.2) is 12.5 Å². The molecule has 0 aliphatic heterocycles. The molecule has 0 aromatic carbocycles.